The van der Waals surface area contributed by atoms with Gasteiger partial charge in [0.25, 0.3) is 5.91 Å². The summed E-state index contributed by atoms with van der Waals surface area (Å²) >= 11 is 7.39. The summed E-state index contributed by atoms with van der Waals surface area (Å²) in [5.74, 6) is 0.317. The van der Waals surface area contributed by atoms with E-state index >= 15 is 0 Å². The topological polar surface area (TPSA) is 54.9 Å². The highest BCUT2D eigenvalue weighted by Crippen LogP contribution is 2.37. The molecule has 1 fully saturated rings. The summed E-state index contributed by atoms with van der Waals surface area (Å²) in [5.41, 5.74) is 0.305. The van der Waals surface area contributed by atoms with Gasteiger partial charge in [0.1, 0.15) is 10.8 Å². The van der Waals surface area contributed by atoms with E-state index in [1.165, 1.54) is 30.1 Å². The van der Waals surface area contributed by atoms with Crippen LogP contribution in [0.25, 0.3) is 0 Å². The van der Waals surface area contributed by atoms with Crippen LogP contribution in [0.3, 0.4) is 0 Å². The molecule has 0 aromatic carbocycles. The highest BCUT2D eigenvalue weighted by molar-refractivity contribution is 7.10. The predicted molar refractivity (Wildman–Crippen MR) is 83.5 cm³/mol. The predicted octanol–water partition coefficient (Wildman–Crippen LogP) is 3.85. The second-order valence-corrected chi connectivity index (χ2v) is 6.60. The van der Waals surface area contributed by atoms with Crippen LogP contribution in [0.15, 0.2) is 29.9 Å². The lowest BCUT2D eigenvalue weighted by atomic mass is 9.96. The molecule has 1 aliphatic carbocycles. The van der Waals surface area contributed by atoms with Crippen molar-refractivity contribution in [3.8, 4) is 0 Å². The molecular formula is C15H16ClN3OS. The zero-order valence-corrected chi connectivity index (χ0v) is 13.0. The third-order valence-corrected chi connectivity index (χ3v) is 5.01. The average Bonchev–Trinajstić information content (AvgIpc) is 3.19. The number of hydrogen-bond acceptors (Lipinski definition) is 4. The first-order valence-electron chi connectivity index (χ1n) is 7.06. The molecule has 0 radical (unpaired) electrons. The Labute approximate surface area is 132 Å². The van der Waals surface area contributed by atoms with Gasteiger partial charge in [0, 0.05) is 4.88 Å². The van der Waals surface area contributed by atoms with Gasteiger partial charge in [-0.3, -0.25) is 4.79 Å². The van der Waals surface area contributed by atoms with Gasteiger partial charge >= 0.3 is 0 Å². The Bertz CT molecular complexity index is 594. The average molecular weight is 322 g/mol. The first-order valence-corrected chi connectivity index (χ1v) is 8.31. The fourth-order valence-corrected chi connectivity index (χ4v) is 3.79. The maximum atomic E-state index is 12.4. The van der Waals surface area contributed by atoms with Crippen molar-refractivity contribution in [2.45, 2.75) is 31.7 Å². The van der Waals surface area contributed by atoms with Gasteiger partial charge in [0.2, 0.25) is 0 Å². The van der Waals surface area contributed by atoms with Crippen molar-refractivity contribution in [2.75, 3.05) is 0 Å². The number of thiophene rings is 1. The summed E-state index contributed by atoms with van der Waals surface area (Å²) in [4.78, 5) is 21.5. The minimum Gasteiger partial charge on any atom is -0.343 e. The normalized spacial score (nSPS) is 16.8. The van der Waals surface area contributed by atoms with Gasteiger partial charge in [-0.15, -0.1) is 11.3 Å². The number of nitrogens with one attached hydrogen (secondary N) is 1. The summed E-state index contributed by atoms with van der Waals surface area (Å²) < 4.78 is 0. The van der Waals surface area contributed by atoms with Crippen molar-refractivity contribution < 1.29 is 4.79 Å². The summed E-state index contributed by atoms with van der Waals surface area (Å²) in [5, 5.41) is 5.46. The quantitative estimate of drug-likeness (QED) is 0.930. The lowest BCUT2D eigenvalue weighted by Crippen LogP contribution is -2.32. The van der Waals surface area contributed by atoms with E-state index in [0.717, 1.165) is 12.8 Å². The minimum absolute atomic E-state index is 0.0671. The third kappa shape index (κ3) is 3.41. The second-order valence-electron chi connectivity index (χ2n) is 5.24. The SMILES string of the molecule is O=C(NC(c1cccs1)C1CCCC1)c1cnc(Cl)cn1. The lowest BCUT2D eigenvalue weighted by Gasteiger charge is -2.23. The van der Waals surface area contributed by atoms with Gasteiger partial charge in [0.15, 0.2) is 0 Å². The Kier molecular flexibility index (Phi) is 4.51. The number of carbonyl (C=O) groups excluding carboxylic acids is 1. The molecule has 4 nitrogen and oxygen atoms in total. The number of carbonyl (C=O) groups is 1. The molecule has 2 heterocycles. The molecule has 1 amide bonds. The molecule has 1 atom stereocenters. The van der Waals surface area contributed by atoms with Crippen LogP contribution in [0.2, 0.25) is 5.15 Å². The van der Waals surface area contributed by atoms with E-state index in [2.05, 4.69) is 21.4 Å². The summed E-state index contributed by atoms with van der Waals surface area (Å²) in [6.45, 7) is 0. The van der Waals surface area contributed by atoms with Crippen LogP contribution in [0.4, 0.5) is 0 Å². The van der Waals surface area contributed by atoms with Crippen LogP contribution >= 0.6 is 22.9 Å². The van der Waals surface area contributed by atoms with E-state index in [4.69, 9.17) is 11.6 Å². The van der Waals surface area contributed by atoms with Gasteiger partial charge in [-0.1, -0.05) is 30.5 Å². The Balaban J connectivity index is 1.77. The zero-order chi connectivity index (χ0) is 14.7. The van der Waals surface area contributed by atoms with Gasteiger partial charge < -0.3 is 5.32 Å². The number of nitrogens with zero attached hydrogens (tertiary/aromatic N) is 2. The minimum atomic E-state index is -0.190. The Morgan fingerprint density at radius 2 is 2.14 bits per heavy atom. The summed E-state index contributed by atoms with van der Waals surface area (Å²) in [6, 6.07) is 4.18. The molecule has 0 spiro atoms. The first kappa shape index (κ1) is 14.5. The molecule has 2 aromatic rings. The second kappa shape index (κ2) is 6.54. The molecule has 3 rings (SSSR count). The molecule has 0 aliphatic heterocycles. The van der Waals surface area contributed by atoms with Crippen molar-refractivity contribution >= 4 is 28.8 Å². The maximum absolute atomic E-state index is 12.4. The lowest BCUT2D eigenvalue weighted by molar-refractivity contribution is 0.0917. The fraction of sp³-hybridized carbons (Fsp3) is 0.400. The Morgan fingerprint density at radius 3 is 2.76 bits per heavy atom. The monoisotopic (exact) mass is 321 g/mol. The standard InChI is InChI=1S/C15H16ClN3OS/c16-13-9-17-11(8-18-13)15(20)19-14(10-4-1-2-5-10)12-6-3-7-21-12/h3,6-10,14H,1-2,4-5H2,(H,19,20). The summed E-state index contributed by atoms with van der Waals surface area (Å²) in [7, 11) is 0. The molecule has 6 heteroatoms. The van der Waals surface area contributed by atoms with Crippen LogP contribution in [-0.4, -0.2) is 15.9 Å². The number of hydrogen-bond donors (Lipinski definition) is 1. The number of halogens is 1. The van der Waals surface area contributed by atoms with Crippen LogP contribution in [-0.2, 0) is 0 Å². The molecule has 1 unspecified atom stereocenters. The number of rotatable bonds is 4. The van der Waals surface area contributed by atoms with Crippen molar-refractivity contribution in [1.82, 2.24) is 15.3 Å². The highest BCUT2D eigenvalue weighted by atomic mass is 35.5. The molecule has 110 valence electrons. The van der Waals surface area contributed by atoms with Crippen LogP contribution in [0.1, 0.15) is 47.1 Å². The van der Waals surface area contributed by atoms with Crippen LogP contribution in [0, 0.1) is 5.92 Å². The number of amides is 1. The van der Waals surface area contributed by atoms with E-state index in [-0.39, 0.29) is 17.1 Å². The third-order valence-electron chi connectivity index (χ3n) is 3.86. The van der Waals surface area contributed by atoms with Gasteiger partial charge in [-0.05, 0) is 30.2 Å². The van der Waals surface area contributed by atoms with Crippen LogP contribution < -0.4 is 5.32 Å². The van der Waals surface area contributed by atoms with Gasteiger partial charge in [-0.2, -0.15) is 0 Å². The largest absolute Gasteiger partial charge is 0.343 e. The van der Waals surface area contributed by atoms with E-state index < -0.39 is 0 Å². The molecule has 1 N–H and O–H groups in total. The first-order chi connectivity index (χ1) is 10.2. The van der Waals surface area contributed by atoms with E-state index in [0.29, 0.717) is 11.6 Å². The van der Waals surface area contributed by atoms with E-state index in [1.807, 2.05) is 11.4 Å². The highest BCUT2D eigenvalue weighted by Gasteiger charge is 2.29. The molecule has 0 bridgehead atoms. The van der Waals surface area contributed by atoms with Crippen LogP contribution in [0.5, 0.6) is 0 Å². The Hall–Kier alpha value is -1.46. The maximum Gasteiger partial charge on any atom is 0.272 e. The molecule has 1 saturated carbocycles. The smallest absolute Gasteiger partial charge is 0.272 e. The van der Waals surface area contributed by atoms with Gasteiger partial charge in [-0.25, -0.2) is 9.97 Å². The van der Waals surface area contributed by atoms with Crippen molar-refractivity contribution in [2.24, 2.45) is 5.92 Å². The molecule has 2 aromatic heterocycles. The van der Waals surface area contributed by atoms with E-state index in [1.54, 1.807) is 11.3 Å². The molecule has 0 saturated heterocycles. The van der Waals surface area contributed by atoms with E-state index in [9.17, 15) is 4.79 Å². The Morgan fingerprint density at radius 1 is 1.33 bits per heavy atom. The number of aromatic nitrogens is 2. The molecule has 1 aliphatic rings. The van der Waals surface area contributed by atoms with Gasteiger partial charge in [0.05, 0.1) is 18.4 Å². The van der Waals surface area contributed by atoms with Crippen molar-refractivity contribution in [3.05, 3.63) is 45.6 Å². The van der Waals surface area contributed by atoms with Crippen molar-refractivity contribution in [3.63, 3.8) is 0 Å². The van der Waals surface area contributed by atoms with Crippen molar-refractivity contribution in [1.29, 1.82) is 0 Å². The fourth-order valence-electron chi connectivity index (χ4n) is 2.82. The summed E-state index contributed by atoms with van der Waals surface area (Å²) in [6.07, 6.45) is 7.61. The molecule has 21 heavy (non-hydrogen) atoms. The molecular weight excluding hydrogens is 306 g/mol. The zero-order valence-electron chi connectivity index (χ0n) is 11.5.